The summed E-state index contributed by atoms with van der Waals surface area (Å²) in [6.45, 7) is 3.81. The highest BCUT2D eigenvalue weighted by molar-refractivity contribution is 8.26. The van der Waals surface area contributed by atoms with Crippen molar-refractivity contribution in [2.24, 2.45) is 0 Å². The Morgan fingerprint density at radius 1 is 1.30 bits per heavy atom. The lowest BCUT2D eigenvalue weighted by Crippen LogP contribution is -2.33. The fourth-order valence-corrected chi connectivity index (χ4v) is 4.26. The number of rotatable bonds is 4. The zero-order valence-corrected chi connectivity index (χ0v) is 17.4. The van der Waals surface area contributed by atoms with Gasteiger partial charge in [0.05, 0.1) is 12.0 Å². The summed E-state index contributed by atoms with van der Waals surface area (Å²) in [6, 6.07) is 9.58. The average molecular weight is 421 g/mol. The monoisotopic (exact) mass is 420 g/mol. The molecule has 1 aliphatic rings. The molecule has 3 rings (SSSR count). The first-order valence-corrected chi connectivity index (χ1v) is 9.69. The number of nitrogens with zero attached hydrogens (tertiary/aromatic N) is 2. The molecule has 0 saturated carbocycles. The quantitative estimate of drug-likeness (QED) is 0.423. The molecule has 2 heterocycles. The Kier molecular flexibility index (Phi) is 5.74. The first kappa shape index (κ1) is 19.7. The molecule has 0 aliphatic carbocycles. The fourth-order valence-electron chi connectivity index (χ4n) is 2.89. The lowest BCUT2D eigenvalue weighted by atomic mass is 10.2. The maximum Gasteiger partial charge on any atom is 0.325 e. The van der Waals surface area contributed by atoms with Crippen molar-refractivity contribution >= 4 is 57.9 Å². The van der Waals surface area contributed by atoms with Gasteiger partial charge in [0, 0.05) is 22.1 Å². The summed E-state index contributed by atoms with van der Waals surface area (Å²) < 4.78 is 7.07. The van der Waals surface area contributed by atoms with E-state index in [1.807, 2.05) is 50.3 Å². The van der Waals surface area contributed by atoms with Gasteiger partial charge in [-0.15, -0.1) is 0 Å². The molecular formula is C19H17ClN2O3S2. The molecular weight excluding hydrogens is 404 g/mol. The number of benzene rings is 1. The van der Waals surface area contributed by atoms with Crippen LogP contribution in [0.1, 0.15) is 17.0 Å². The number of halogens is 1. The van der Waals surface area contributed by atoms with Crippen molar-refractivity contribution < 1.29 is 14.3 Å². The van der Waals surface area contributed by atoms with Crippen LogP contribution >= 0.6 is 35.6 Å². The van der Waals surface area contributed by atoms with E-state index in [1.165, 1.54) is 23.8 Å². The number of carbonyl (C=O) groups is 2. The molecule has 1 amide bonds. The number of amides is 1. The molecule has 0 spiro atoms. The predicted octanol–water partition coefficient (Wildman–Crippen LogP) is 4.12. The van der Waals surface area contributed by atoms with Crippen molar-refractivity contribution in [3.8, 4) is 5.69 Å². The Morgan fingerprint density at radius 2 is 1.96 bits per heavy atom. The minimum Gasteiger partial charge on any atom is -0.468 e. The second-order valence-electron chi connectivity index (χ2n) is 5.98. The van der Waals surface area contributed by atoms with Crippen molar-refractivity contribution in [1.82, 2.24) is 9.47 Å². The van der Waals surface area contributed by atoms with Crippen LogP contribution in [0.2, 0.25) is 5.02 Å². The lowest BCUT2D eigenvalue weighted by Gasteiger charge is -2.11. The van der Waals surface area contributed by atoms with Crippen LogP contribution < -0.4 is 0 Å². The van der Waals surface area contributed by atoms with Crippen LogP contribution in [0.5, 0.6) is 0 Å². The van der Waals surface area contributed by atoms with E-state index in [4.69, 9.17) is 23.8 Å². The molecule has 0 N–H and O–H groups in total. The molecule has 1 aromatic carbocycles. The van der Waals surface area contributed by atoms with Gasteiger partial charge in [-0.2, -0.15) is 0 Å². The van der Waals surface area contributed by atoms with E-state index in [-0.39, 0.29) is 12.5 Å². The Balaban J connectivity index is 1.93. The van der Waals surface area contributed by atoms with Gasteiger partial charge in [0.25, 0.3) is 5.91 Å². The van der Waals surface area contributed by atoms with E-state index in [0.29, 0.717) is 14.2 Å². The molecule has 0 atom stereocenters. The second-order valence-corrected chi connectivity index (χ2v) is 8.09. The number of carbonyl (C=O) groups excluding carboxylic acids is 2. The molecule has 0 unspecified atom stereocenters. The van der Waals surface area contributed by atoms with Gasteiger partial charge in [-0.05, 0) is 55.8 Å². The minimum atomic E-state index is -0.506. The topological polar surface area (TPSA) is 51.5 Å². The first-order chi connectivity index (χ1) is 12.8. The summed E-state index contributed by atoms with van der Waals surface area (Å²) in [5.74, 6) is -0.792. The van der Waals surface area contributed by atoms with Crippen LogP contribution in [0.25, 0.3) is 11.8 Å². The van der Waals surface area contributed by atoms with Crippen molar-refractivity contribution in [1.29, 1.82) is 0 Å². The number of aromatic nitrogens is 1. The molecule has 1 aliphatic heterocycles. The zero-order valence-electron chi connectivity index (χ0n) is 15.0. The Labute approximate surface area is 171 Å². The highest BCUT2D eigenvalue weighted by Gasteiger charge is 2.33. The molecule has 0 radical (unpaired) electrons. The summed E-state index contributed by atoms with van der Waals surface area (Å²) >= 11 is 12.4. The zero-order chi connectivity index (χ0) is 19.7. The molecule has 1 fully saturated rings. The van der Waals surface area contributed by atoms with Gasteiger partial charge in [0.15, 0.2) is 0 Å². The maximum atomic E-state index is 12.6. The number of thiocarbonyl (C=S) groups is 1. The molecule has 8 heteroatoms. The summed E-state index contributed by atoms with van der Waals surface area (Å²) in [7, 11) is 1.28. The standard InChI is InChI=1S/C19H17ClN2O3S2/c1-11-8-13(12(2)22(11)15-6-4-14(20)5-7-15)9-16-18(24)21(19(26)27-16)10-17(23)25-3/h4-9H,10H2,1-3H3/b16-9-. The normalized spacial score (nSPS) is 15.7. The van der Waals surface area contributed by atoms with Crippen LogP contribution in [0, 0.1) is 13.8 Å². The molecule has 27 heavy (non-hydrogen) atoms. The highest BCUT2D eigenvalue weighted by Crippen LogP contribution is 2.34. The summed E-state index contributed by atoms with van der Waals surface area (Å²) in [6.07, 6.45) is 1.81. The van der Waals surface area contributed by atoms with Crippen molar-refractivity contribution in [2.45, 2.75) is 13.8 Å². The van der Waals surface area contributed by atoms with E-state index in [1.54, 1.807) is 0 Å². The van der Waals surface area contributed by atoms with E-state index in [9.17, 15) is 9.59 Å². The van der Waals surface area contributed by atoms with Crippen LogP contribution in [0.4, 0.5) is 0 Å². The van der Waals surface area contributed by atoms with Crippen LogP contribution in [0.15, 0.2) is 35.2 Å². The molecule has 0 bridgehead atoms. The van der Waals surface area contributed by atoms with Gasteiger partial charge in [0.1, 0.15) is 10.9 Å². The Morgan fingerprint density at radius 3 is 2.59 bits per heavy atom. The van der Waals surface area contributed by atoms with E-state index in [2.05, 4.69) is 9.30 Å². The molecule has 140 valence electrons. The fraction of sp³-hybridized carbons (Fsp3) is 0.211. The summed E-state index contributed by atoms with van der Waals surface area (Å²) in [5, 5.41) is 0.677. The number of esters is 1. The smallest absolute Gasteiger partial charge is 0.325 e. The third kappa shape index (κ3) is 3.95. The number of ether oxygens (including phenoxy) is 1. The lowest BCUT2D eigenvalue weighted by molar-refractivity contribution is -0.143. The minimum absolute atomic E-state index is 0.178. The van der Waals surface area contributed by atoms with Gasteiger partial charge in [0.2, 0.25) is 0 Å². The van der Waals surface area contributed by atoms with Crippen molar-refractivity contribution in [3.63, 3.8) is 0 Å². The number of aryl methyl sites for hydroxylation is 1. The molecule has 5 nitrogen and oxygen atoms in total. The van der Waals surface area contributed by atoms with Gasteiger partial charge in [-0.25, -0.2) is 0 Å². The largest absolute Gasteiger partial charge is 0.468 e. The molecule has 1 aromatic heterocycles. The highest BCUT2D eigenvalue weighted by atomic mass is 35.5. The summed E-state index contributed by atoms with van der Waals surface area (Å²) in [4.78, 5) is 25.8. The van der Waals surface area contributed by atoms with Crippen LogP contribution in [0.3, 0.4) is 0 Å². The second kappa shape index (κ2) is 7.88. The molecule has 2 aromatic rings. The SMILES string of the molecule is COC(=O)CN1C(=O)/C(=C/c2cc(C)n(-c3ccc(Cl)cc3)c2C)SC1=S. The number of hydrogen-bond donors (Lipinski definition) is 0. The van der Waals surface area contributed by atoms with E-state index >= 15 is 0 Å². The number of methoxy groups -OCH3 is 1. The predicted molar refractivity (Wildman–Crippen MR) is 112 cm³/mol. The third-order valence-electron chi connectivity index (χ3n) is 4.23. The third-order valence-corrected chi connectivity index (χ3v) is 5.86. The van der Waals surface area contributed by atoms with E-state index < -0.39 is 5.97 Å². The van der Waals surface area contributed by atoms with Crippen molar-refractivity contribution in [3.05, 3.63) is 57.2 Å². The maximum absolute atomic E-state index is 12.6. The molecule has 1 saturated heterocycles. The van der Waals surface area contributed by atoms with Gasteiger partial charge in [-0.3, -0.25) is 14.5 Å². The van der Waals surface area contributed by atoms with Gasteiger partial charge < -0.3 is 9.30 Å². The number of hydrogen-bond acceptors (Lipinski definition) is 5. The van der Waals surface area contributed by atoms with Crippen molar-refractivity contribution in [2.75, 3.05) is 13.7 Å². The first-order valence-electron chi connectivity index (χ1n) is 8.09. The van der Waals surface area contributed by atoms with Crippen LogP contribution in [-0.4, -0.2) is 39.3 Å². The average Bonchev–Trinajstić information content (AvgIpc) is 3.06. The Hall–Kier alpha value is -2.09. The summed E-state index contributed by atoms with van der Waals surface area (Å²) in [5.41, 5.74) is 3.94. The van der Waals surface area contributed by atoms with Gasteiger partial charge in [-0.1, -0.05) is 35.6 Å². The number of thioether (sulfide) groups is 1. The van der Waals surface area contributed by atoms with Gasteiger partial charge >= 0.3 is 5.97 Å². The van der Waals surface area contributed by atoms with Crippen LogP contribution in [-0.2, 0) is 14.3 Å². The Bertz CT molecular complexity index is 964. The van der Waals surface area contributed by atoms with E-state index in [0.717, 1.165) is 22.6 Å².